The molecule has 7 nitrogen and oxygen atoms in total. The number of para-hydroxylation sites is 1. The molecule has 2 amide bonds. The van der Waals surface area contributed by atoms with E-state index in [-0.39, 0.29) is 31.8 Å². The van der Waals surface area contributed by atoms with Crippen LogP contribution in [-0.2, 0) is 16.8 Å². The number of benzene rings is 3. The van der Waals surface area contributed by atoms with E-state index in [4.69, 9.17) is 14.2 Å². The maximum absolute atomic E-state index is 14.2. The third-order valence-corrected chi connectivity index (χ3v) is 6.77. The summed E-state index contributed by atoms with van der Waals surface area (Å²) >= 11 is 0. The molecule has 0 saturated carbocycles. The predicted molar refractivity (Wildman–Crippen MR) is 126 cm³/mol. The lowest BCUT2D eigenvalue weighted by Gasteiger charge is -2.24. The van der Waals surface area contributed by atoms with E-state index >= 15 is 0 Å². The van der Waals surface area contributed by atoms with Crippen molar-refractivity contribution in [1.29, 1.82) is 0 Å². The number of rotatable bonds is 5. The van der Waals surface area contributed by atoms with E-state index < -0.39 is 5.41 Å². The molecule has 3 aromatic carbocycles. The maximum atomic E-state index is 14.2. The van der Waals surface area contributed by atoms with E-state index in [1.165, 1.54) is 0 Å². The van der Waals surface area contributed by atoms with Crippen molar-refractivity contribution in [3.05, 3.63) is 82.9 Å². The molecular weight excluding hydrogens is 432 g/mol. The van der Waals surface area contributed by atoms with E-state index in [0.29, 0.717) is 29.4 Å². The molecule has 1 spiro atoms. The van der Waals surface area contributed by atoms with Crippen molar-refractivity contribution in [3.63, 3.8) is 0 Å². The first-order valence-corrected chi connectivity index (χ1v) is 11.5. The van der Waals surface area contributed by atoms with Crippen molar-refractivity contribution in [1.82, 2.24) is 5.32 Å². The van der Waals surface area contributed by atoms with E-state index in [9.17, 15) is 9.59 Å². The van der Waals surface area contributed by atoms with Gasteiger partial charge in [-0.25, -0.2) is 0 Å². The summed E-state index contributed by atoms with van der Waals surface area (Å²) in [6, 6.07) is 18.9. The van der Waals surface area contributed by atoms with Gasteiger partial charge in [-0.2, -0.15) is 0 Å². The first-order valence-electron chi connectivity index (χ1n) is 11.5. The van der Waals surface area contributed by atoms with Crippen LogP contribution in [0.5, 0.6) is 17.2 Å². The number of ether oxygens (including phenoxy) is 3. The molecule has 172 valence electrons. The highest BCUT2D eigenvalue weighted by Gasteiger charge is 2.57. The topological polar surface area (TPSA) is 77.1 Å². The van der Waals surface area contributed by atoms with Crippen molar-refractivity contribution in [3.8, 4) is 17.2 Å². The quantitative estimate of drug-likeness (QED) is 0.632. The monoisotopic (exact) mass is 456 g/mol. The first-order chi connectivity index (χ1) is 16.6. The van der Waals surface area contributed by atoms with Crippen LogP contribution in [0.3, 0.4) is 0 Å². The largest absolute Gasteiger partial charge is 0.491 e. The second kappa shape index (κ2) is 7.80. The third-order valence-electron chi connectivity index (χ3n) is 6.77. The van der Waals surface area contributed by atoms with Crippen molar-refractivity contribution in [2.45, 2.75) is 25.3 Å². The van der Waals surface area contributed by atoms with Gasteiger partial charge in [-0.1, -0.05) is 43.3 Å². The Balaban J connectivity index is 1.42. The number of amides is 2. The van der Waals surface area contributed by atoms with Gasteiger partial charge in [0.15, 0.2) is 11.5 Å². The number of nitrogens with one attached hydrogen (secondary N) is 1. The zero-order valence-electron chi connectivity index (χ0n) is 18.8. The maximum Gasteiger partial charge on any atom is 0.251 e. The number of fused-ring (bicyclic) bond motifs is 5. The van der Waals surface area contributed by atoms with Crippen LogP contribution in [0, 0.1) is 0 Å². The number of hydrogen-bond donors (Lipinski definition) is 1. The average Bonchev–Trinajstić information content (AvgIpc) is 3.54. The summed E-state index contributed by atoms with van der Waals surface area (Å²) in [6.45, 7) is 3.26. The van der Waals surface area contributed by atoms with Gasteiger partial charge in [0.25, 0.3) is 5.91 Å². The molecule has 6 rings (SSSR count). The van der Waals surface area contributed by atoms with E-state index in [1.807, 2.05) is 55.5 Å². The molecule has 7 heteroatoms. The molecule has 3 aliphatic rings. The Labute approximate surface area is 197 Å². The summed E-state index contributed by atoms with van der Waals surface area (Å²) < 4.78 is 17.1. The number of carbonyl (C=O) groups is 2. The Hall–Kier alpha value is -4.00. The molecule has 1 N–H and O–H groups in total. The van der Waals surface area contributed by atoms with Crippen molar-refractivity contribution in [2.24, 2.45) is 0 Å². The van der Waals surface area contributed by atoms with Crippen molar-refractivity contribution in [2.75, 3.05) is 24.8 Å². The molecule has 0 radical (unpaired) electrons. The van der Waals surface area contributed by atoms with Crippen LogP contribution >= 0.6 is 0 Å². The molecule has 34 heavy (non-hydrogen) atoms. The first kappa shape index (κ1) is 20.6. The highest BCUT2D eigenvalue weighted by atomic mass is 16.7. The van der Waals surface area contributed by atoms with Crippen LogP contribution in [0.4, 0.5) is 5.69 Å². The molecular formula is C27H24N2O5. The summed E-state index contributed by atoms with van der Waals surface area (Å²) in [5.41, 5.74) is 2.91. The molecule has 0 bridgehead atoms. The molecule has 0 aliphatic carbocycles. The van der Waals surface area contributed by atoms with E-state index in [1.54, 1.807) is 17.0 Å². The molecule has 3 aromatic rings. The lowest BCUT2D eigenvalue weighted by Crippen LogP contribution is -2.42. The fraction of sp³-hybridized carbons (Fsp3) is 0.259. The highest BCUT2D eigenvalue weighted by molar-refractivity contribution is 6.11. The van der Waals surface area contributed by atoms with Gasteiger partial charge in [-0.3, -0.25) is 9.59 Å². The Morgan fingerprint density at radius 1 is 0.971 bits per heavy atom. The minimum Gasteiger partial charge on any atom is -0.491 e. The molecule has 1 atom stereocenters. The summed E-state index contributed by atoms with van der Waals surface area (Å²) in [4.78, 5) is 28.7. The summed E-state index contributed by atoms with van der Waals surface area (Å²) in [7, 11) is 0. The predicted octanol–water partition coefficient (Wildman–Crippen LogP) is 3.78. The zero-order chi connectivity index (χ0) is 23.3. The van der Waals surface area contributed by atoms with E-state index in [2.05, 4.69) is 5.32 Å². The number of anilines is 1. The minimum atomic E-state index is -0.966. The molecule has 3 aliphatic heterocycles. The van der Waals surface area contributed by atoms with Gasteiger partial charge in [0, 0.05) is 29.4 Å². The Bertz CT molecular complexity index is 1320. The normalized spacial score (nSPS) is 19.2. The lowest BCUT2D eigenvalue weighted by molar-refractivity contribution is -0.122. The summed E-state index contributed by atoms with van der Waals surface area (Å²) in [5.74, 6) is 1.67. The van der Waals surface area contributed by atoms with Gasteiger partial charge >= 0.3 is 0 Å². The second-order valence-electron chi connectivity index (χ2n) is 8.72. The molecule has 0 saturated heterocycles. The van der Waals surface area contributed by atoms with Gasteiger partial charge in [0.2, 0.25) is 12.7 Å². The number of carbonyl (C=O) groups excluding carboxylic acids is 2. The third kappa shape index (κ3) is 2.89. The van der Waals surface area contributed by atoms with Crippen molar-refractivity contribution >= 4 is 17.5 Å². The zero-order valence-corrected chi connectivity index (χ0v) is 18.8. The van der Waals surface area contributed by atoms with Crippen LogP contribution in [-0.4, -0.2) is 31.8 Å². The lowest BCUT2D eigenvalue weighted by atomic mass is 9.77. The minimum absolute atomic E-state index is 0.0740. The molecule has 3 heterocycles. The number of hydrogen-bond acceptors (Lipinski definition) is 5. The highest BCUT2D eigenvalue weighted by Crippen LogP contribution is 2.55. The van der Waals surface area contributed by atoms with Crippen LogP contribution < -0.4 is 24.4 Å². The van der Waals surface area contributed by atoms with Gasteiger partial charge in [0.05, 0.1) is 6.54 Å². The van der Waals surface area contributed by atoms with Crippen molar-refractivity contribution < 1.29 is 23.8 Å². The standard InChI is InChI=1S/C27H24N2O5/c1-2-11-28-25(30)18-8-4-3-7-17(18)14-29-21-10-6-5-9-19(21)27(26(29)31)15-32-22-13-24-23(12-20(22)27)33-16-34-24/h3-10,12-13H,2,11,14-16H2,1H3,(H,28,30). The fourth-order valence-corrected chi connectivity index (χ4v) is 5.11. The van der Waals surface area contributed by atoms with Crippen LogP contribution in [0.2, 0.25) is 0 Å². The summed E-state index contributed by atoms with van der Waals surface area (Å²) in [6.07, 6.45) is 0.853. The van der Waals surface area contributed by atoms with Crippen LogP contribution in [0.1, 0.15) is 40.4 Å². The SMILES string of the molecule is CCCNC(=O)c1ccccc1CN1C(=O)C2(COc3cc4c(cc32)OCO4)c2ccccc21. The van der Waals surface area contributed by atoms with Gasteiger partial charge in [-0.05, 0) is 35.7 Å². The number of nitrogens with zero attached hydrogens (tertiary/aromatic N) is 1. The average molecular weight is 456 g/mol. The Morgan fingerprint density at radius 2 is 1.74 bits per heavy atom. The Morgan fingerprint density at radius 3 is 2.59 bits per heavy atom. The summed E-state index contributed by atoms with van der Waals surface area (Å²) in [5, 5.41) is 2.94. The smallest absolute Gasteiger partial charge is 0.251 e. The Kier molecular flexibility index (Phi) is 4.72. The van der Waals surface area contributed by atoms with Gasteiger partial charge < -0.3 is 24.4 Å². The van der Waals surface area contributed by atoms with Gasteiger partial charge in [-0.15, -0.1) is 0 Å². The van der Waals surface area contributed by atoms with Crippen LogP contribution in [0.15, 0.2) is 60.7 Å². The molecule has 1 unspecified atom stereocenters. The van der Waals surface area contributed by atoms with Gasteiger partial charge in [0.1, 0.15) is 17.8 Å². The second-order valence-corrected chi connectivity index (χ2v) is 8.72. The molecule has 0 fully saturated rings. The van der Waals surface area contributed by atoms with Crippen LogP contribution in [0.25, 0.3) is 0 Å². The van der Waals surface area contributed by atoms with E-state index in [0.717, 1.165) is 28.8 Å². The molecule has 0 aromatic heterocycles. The fourth-order valence-electron chi connectivity index (χ4n) is 5.11.